The standard InChI is InChI=1S/C13H16N4/c1-9-5-6-13(10(2)7-9)8-14-17-11(3)15-16-12(17)4/h5-8H,1-4H3/b14-8-. The minimum absolute atomic E-state index is 0.795. The highest BCUT2D eigenvalue weighted by atomic mass is 15.4. The summed E-state index contributed by atoms with van der Waals surface area (Å²) in [5.74, 6) is 1.59. The summed E-state index contributed by atoms with van der Waals surface area (Å²) in [6, 6.07) is 6.30. The summed E-state index contributed by atoms with van der Waals surface area (Å²) in [7, 11) is 0. The molecule has 0 amide bonds. The quantitative estimate of drug-likeness (QED) is 0.741. The predicted octanol–water partition coefficient (Wildman–Crippen LogP) is 2.39. The van der Waals surface area contributed by atoms with Crippen LogP contribution in [0, 0.1) is 27.7 Å². The van der Waals surface area contributed by atoms with Crippen molar-refractivity contribution in [3.63, 3.8) is 0 Å². The van der Waals surface area contributed by atoms with Crippen molar-refractivity contribution in [1.29, 1.82) is 0 Å². The zero-order valence-electron chi connectivity index (χ0n) is 10.6. The van der Waals surface area contributed by atoms with E-state index in [9.17, 15) is 0 Å². The molecule has 0 aliphatic carbocycles. The first-order valence-electron chi connectivity index (χ1n) is 5.58. The fourth-order valence-corrected chi connectivity index (χ4v) is 1.72. The zero-order chi connectivity index (χ0) is 12.4. The summed E-state index contributed by atoms with van der Waals surface area (Å²) in [6.07, 6.45) is 1.85. The van der Waals surface area contributed by atoms with Gasteiger partial charge in [0.05, 0.1) is 6.21 Å². The molecule has 2 aromatic rings. The molecule has 0 saturated heterocycles. The summed E-state index contributed by atoms with van der Waals surface area (Å²) < 4.78 is 1.74. The third-order valence-electron chi connectivity index (χ3n) is 2.69. The molecule has 0 saturated carbocycles. The second-order valence-electron chi connectivity index (χ2n) is 4.21. The normalized spacial score (nSPS) is 11.3. The highest BCUT2D eigenvalue weighted by Gasteiger charge is 2.01. The molecule has 0 radical (unpaired) electrons. The van der Waals surface area contributed by atoms with Gasteiger partial charge in [-0.05, 0) is 38.8 Å². The Labute approximate surface area is 101 Å². The lowest BCUT2D eigenvalue weighted by atomic mass is 10.1. The Bertz CT molecular complexity index is 547. The molecule has 0 spiro atoms. The molecule has 0 aliphatic rings. The number of hydrogen-bond donors (Lipinski definition) is 0. The van der Waals surface area contributed by atoms with Gasteiger partial charge in [-0.25, -0.2) is 4.68 Å². The van der Waals surface area contributed by atoms with Gasteiger partial charge in [-0.3, -0.25) is 0 Å². The van der Waals surface area contributed by atoms with Crippen LogP contribution < -0.4 is 0 Å². The monoisotopic (exact) mass is 228 g/mol. The van der Waals surface area contributed by atoms with Crippen LogP contribution in [0.15, 0.2) is 23.3 Å². The van der Waals surface area contributed by atoms with E-state index in [0.717, 1.165) is 17.2 Å². The Balaban J connectivity index is 2.32. The Morgan fingerprint density at radius 1 is 1.06 bits per heavy atom. The highest BCUT2D eigenvalue weighted by molar-refractivity contribution is 5.81. The van der Waals surface area contributed by atoms with Gasteiger partial charge in [0.2, 0.25) is 0 Å². The lowest BCUT2D eigenvalue weighted by molar-refractivity contribution is 0.798. The summed E-state index contributed by atoms with van der Waals surface area (Å²) in [5, 5.41) is 12.3. The van der Waals surface area contributed by atoms with Crippen LogP contribution in [0.25, 0.3) is 0 Å². The highest BCUT2D eigenvalue weighted by Crippen LogP contribution is 2.08. The molecule has 0 unspecified atom stereocenters. The first-order chi connectivity index (χ1) is 8.08. The van der Waals surface area contributed by atoms with Gasteiger partial charge < -0.3 is 0 Å². The van der Waals surface area contributed by atoms with Crippen molar-refractivity contribution >= 4 is 6.21 Å². The van der Waals surface area contributed by atoms with Gasteiger partial charge in [0.1, 0.15) is 0 Å². The van der Waals surface area contributed by atoms with Crippen LogP contribution in [0.2, 0.25) is 0 Å². The van der Waals surface area contributed by atoms with Gasteiger partial charge in [0.15, 0.2) is 11.6 Å². The van der Waals surface area contributed by atoms with E-state index in [4.69, 9.17) is 0 Å². The molecule has 0 aliphatic heterocycles. The van der Waals surface area contributed by atoms with E-state index in [1.165, 1.54) is 11.1 Å². The molecule has 1 heterocycles. The van der Waals surface area contributed by atoms with Crippen molar-refractivity contribution in [2.75, 3.05) is 0 Å². The van der Waals surface area contributed by atoms with Gasteiger partial charge in [0, 0.05) is 0 Å². The number of rotatable bonds is 2. The number of hydrogen-bond acceptors (Lipinski definition) is 3. The van der Waals surface area contributed by atoms with E-state index in [-0.39, 0.29) is 0 Å². The fourth-order valence-electron chi connectivity index (χ4n) is 1.72. The zero-order valence-corrected chi connectivity index (χ0v) is 10.6. The summed E-state index contributed by atoms with van der Waals surface area (Å²) >= 11 is 0. The summed E-state index contributed by atoms with van der Waals surface area (Å²) in [6.45, 7) is 7.95. The molecule has 1 aromatic carbocycles. The molecular weight excluding hydrogens is 212 g/mol. The van der Waals surface area contributed by atoms with Crippen molar-refractivity contribution in [1.82, 2.24) is 14.9 Å². The van der Waals surface area contributed by atoms with Crippen molar-refractivity contribution < 1.29 is 0 Å². The third kappa shape index (κ3) is 2.41. The van der Waals surface area contributed by atoms with Crippen LogP contribution in [0.3, 0.4) is 0 Å². The first kappa shape index (κ1) is 11.5. The molecule has 4 nitrogen and oxygen atoms in total. The summed E-state index contributed by atoms with van der Waals surface area (Å²) in [5.41, 5.74) is 3.59. The van der Waals surface area contributed by atoms with E-state index < -0.39 is 0 Å². The average molecular weight is 228 g/mol. The lowest BCUT2D eigenvalue weighted by Gasteiger charge is -2.02. The van der Waals surface area contributed by atoms with Crippen LogP contribution in [-0.4, -0.2) is 21.1 Å². The van der Waals surface area contributed by atoms with Crippen molar-refractivity contribution in [2.45, 2.75) is 27.7 Å². The van der Waals surface area contributed by atoms with Crippen LogP contribution in [0.4, 0.5) is 0 Å². The SMILES string of the molecule is Cc1ccc(/C=N\n2c(C)nnc2C)c(C)c1. The molecule has 17 heavy (non-hydrogen) atoms. The molecule has 0 N–H and O–H groups in total. The first-order valence-corrected chi connectivity index (χ1v) is 5.58. The fraction of sp³-hybridized carbons (Fsp3) is 0.308. The topological polar surface area (TPSA) is 43.1 Å². The van der Waals surface area contributed by atoms with Gasteiger partial charge in [-0.1, -0.05) is 23.8 Å². The molecule has 0 atom stereocenters. The van der Waals surface area contributed by atoms with Crippen LogP contribution in [-0.2, 0) is 0 Å². The van der Waals surface area contributed by atoms with Crippen LogP contribution in [0.5, 0.6) is 0 Å². The Kier molecular flexibility index (Phi) is 3.04. The molecule has 2 rings (SSSR count). The van der Waals surface area contributed by atoms with Gasteiger partial charge in [-0.15, -0.1) is 10.2 Å². The van der Waals surface area contributed by atoms with Gasteiger partial charge in [-0.2, -0.15) is 5.10 Å². The smallest absolute Gasteiger partial charge is 0.151 e. The molecular formula is C13H16N4. The van der Waals surface area contributed by atoms with E-state index in [0.29, 0.717) is 0 Å². The minimum Gasteiger partial charge on any atom is -0.202 e. The molecule has 0 bridgehead atoms. The average Bonchev–Trinajstić information content (AvgIpc) is 2.58. The number of nitrogens with zero attached hydrogens (tertiary/aromatic N) is 4. The minimum atomic E-state index is 0.795. The number of benzene rings is 1. The second kappa shape index (κ2) is 4.49. The Morgan fingerprint density at radius 2 is 1.71 bits per heavy atom. The maximum atomic E-state index is 4.39. The molecule has 4 heteroatoms. The predicted molar refractivity (Wildman–Crippen MR) is 68.4 cm³/mol. The number of aryl methyl sites for hydroxylation is 4. The lowest BCUT2D eigenvalue weighted by Crippen LogP contribution is -1.97. The maximum absolute atomic E-state index is 4.39. The largest absolute Gasteiger partial charge is 0.202 e. The molecule has 88 valence electrons. The summed E-state index contributed by atoms with van der Waals surface area (Å²) in [4.78, 5) is 0. The second-order valence-corrected chi connectivity index (χ2v) is 4.21. The van der Waals surface area contributed by atoms with E-state index in [1.54, 1.807) is 4.68 Å². The van der Waals surface area contributed by atoms with Gasteiger partial charge >= 0.3 is 0 Å². The third-order valence-corrected chi connectivity index (χ3v) is 2.69. The molecule has 1 aromatic heterocycles. The van der Waals surface area contributed by atoms with Crippen LogP contribution in [0.1, 0.15) is 28.3 Å². The van der Waals surface area contributed by atoms with Crippen LogP contribution >= 0.6 is 0 Å². The van der Waals surface area contributed by atoms with Crippen molar-refractivity contribution in [2.24, 2.45) is 5.10 Å². The van der Waals surface area contributed by atoms with E-state index >= 15 is 0 Å². The van der Waals surface area contributed by atoms with Crippen molar-refractivity contribution in [3.05, 3.63) is 46.5 Å². The van der Waals surface area contributed by atoms with E-state index in [2.05, 4.69) is 47.3 Å². The number of aromatic nitrogens is 3. The maximum Gasteiger partial charge on any atom is 0.151 e. The van der Waals surface area contributed by atoms with Crippen molar-refractivity contribution in [3.8, 4) is 0 Å². The molecule has 0 fully saturated rings. The Hall–Kier alpha value is -1.97. The van der Waals surface area contributed by atoms with E-state index in [1.807, 2.05) is 20.1 Å². The van der Waals surface area contributed by atoms with Gasteiger partial charge in [0.25, 0.3) is 0 Å². The Morgan fingerprint density at radius 3 is 2.29 bits per heavy atom.